The van der Waals surface area contributed by atoms with Crippen LogP contribution in [0.2, 0.25) is 5.02 Å². The van der Waals surface area contributed by atoms with Crippen LogP contribution in [0.3, 0.4) is 0 Å². The molecule has 1 aromatic rings. The zero-order valence-corrected chi connectivity index (χ0v) is 14.4. The first-order valence-electron chi connectivity index (χ1n) is 7.59. The van der Waals surface area contributed by atoms with E-state index in [0.29, 0.717) is 0 Å². The quantitative estimate of drug-likeness (QED) is 0.857. The van der Waals surface area contributed by atoms with Crippen molar-refractivity contribution in [2.24, 2.45) is 0 Å². The van der Waals surface area contributed by atoms with Crippen molar-refractivity contribution in [1.29, 1.82) is 0 Å². The van der Waals surface area contributed by atoms with Gasteiger partial charge in [0.25, 0.3) is 0 Å². The van der Waals surface area contributed by atoms with Crippen molar-refractivity contribution in [2.75, 3.05) is 32.7 Å². The van der Waals surface area contributed by atoms with E-state index in [1.807, 2.05) is 29.2 Å². The second-order valence-corrected chi connectivity index (χ2v) is 6.28. The number of benzene rings is 1. The van der Waals surface area contributed by atoms with Gasteiger partial charge in [0.15, 0.2) is 5.11 Å². The SMILES string of the molecule is CC(=O)N1CCCN(C(=S)NCCc2ccc(Cl)cc2)CC1. The van der Waals surface area contributed by atoms with E-state index in [1.54, 1.807) is 6.92 Å². The maximum atomic E-state index is 11.4. The predicted octanol–water partition coefficient (Wildman–Crippen LogP) is 2.31. The Morgan fingerprint density at radius 1 is 1.18 bits per heavy atom. The minimum absolute atomic E-state index is 0.142. The number of carbonyl (C=O) groups excluding carboxylic acids is 1. The van der Waals surface area contributed by atoms with Crippen LogP contribution in [0.4, 0.5) is 0 Å². The maximum Gasteiger partial charge on any atom is 0.219 e. The Morgan fingerprint density at radius 3 is 2.50 bits per heavy atom. The number of carbonyl (C=O) groups is 1. The predicted molar refractivity (Wildman–Crippen MR) is 94.2 cm³/mol. The summed E-state index contributed by atoms with van der Waals surface area (Å²) in [6.45, 7) is 5.68. The number of nitrogens with one attached hydrogen (secondary N) is 1. The molecule has 1 N–H and O–H groups in total. The van der Waals surface area contributed by atoms with Crippen LogP contribution in [0.25, 0.3) is 0 Å². The number of rotatable bonds is 3. The fourth-order valence-electron chi connectivity index (χ4n) is 2.51. The minimum Gasteiger partial charge on any atom is -0.362 e. The molecule has 0 saturated carbocycles. The molecule has 0 unspecified atom stereocenters. The molecule has 6 heteroatoms. The maximum absolute atomic E-state index is 11.4. The summed E-state index contributed by atoms with van der Waals surface area (Å²) < 4.78 is 0. The van der Waals surface area contributed by atoms with Crippen LogP contribution >= 0.6 is 23.8 Å². The van der Waals surface area contributed by atoms with E-state index in [0.717, 1.165) is 55.7 Å². The fraction of sp³-hybridized carbons (Fsp3) is 0.500. The Morgan fingerprint density at radius 2 is 1.82 bits per heavy atom. The molecule has 1 heterocycles. The normalized spacial score (nSPS) is 15.4. The molecule has 1 aliphatic heterocycles. The molecule has 120 valence electrons. The summed E-state index contributed by atoms with van der Waals surface area (Å²) in [7, 11) is 0. The molecule has 0 atom stereocenters. The molecule has 1 amide bonds. The largest absolute Gasteiger partial charge is 0.362 e. The highest BCUT2D eigenvalue weighted by Crippen LogP contribution is 2.09. The van der Waals surface area contributed by atoms with Gasteiger partial charge in [0.1, 0.15) is 0 Å². The number of halogens is 1. The van der Waals surface area contributed by atoms with Gasteiger partial charge in [0.05, 0.1) is 0 Å². The molecule has 0 bridgehead atoms. The molecule has 1 aliphatic rings. The molecule has 0 aromatic heterocycles. The van der Waals surface area contributed by atoms with Crippen LogP contribution in [0, 0.1) is 0 Å². The van der Waals surface area contributed by atoms with E-state index in [1.165, 1.54) is 5.56 Å². The third-order valence-electron chi connectivity index (χ3n) is 3.83. The molecule has 0 radical (unpaired) electrons. The number of hydrogen-bond donors (Lipinski definition) is 1. The number of amides is 1. The van der Waals surface area contributed by atoms with Gasteiger partial charge in [-0.15, -0.1) is 0 Å². The number of thiocarbonyl (C=S) groups is 1. The van der Waals surface area contributed by atoms with Gasteiger partial charge in [0.2, 0.25) is 5.91 Å². The molecule has 0 spiro atoms. The molecule has 4 nitrogen and oxygen atoms in total. The van der Waals surface area contributed by atoms with E-state index in [4.69, 9.17) is 23.8 Å². The average molecular weight is 340 g/mol. The molecule has 0 aliphatic carbocycles. The van der Waals surface area contributed by atoms with E-state index < -0.39 is 0 Å². The highest BCUT2D eigenvalue weighted by Gasteiger charge is 2.17. The second kappa shape index (κ2) is 8.34. The highest BCUT2D eigenvalue weighted by molar-refractivity contribution is 7.80. The summed E-state index contributed by atoms with van der Waals surface area (Å²) in [6.07, 6.45) is 1.86. The monoisotopic (exact) mass is 339 g/mol. The highest BCUT2D eigenvalue weighted by atomic mass is 35.5. The summed E-state index contributed by atoms with van der Waals surface area (Å²) >= 11 is 11.3. The van der Waals surface area contributed by atoms with Crippen molar-refractivity contribution < 1.29 is 4.79 Å². The van der Waals surface area contributed by atoms with Crippen molar-refractivity contribution >= 4 is 34.8 Å². The van der Waals surface area contributed by atoms with Gasteiger partial charge in [-0.05, 0) is 42.8 Å². The van der Waals surface area contributed by atoms with Gasteiger partial charge < -0.3 is 15.1 Å². The Balaban J connectivity index is 1.75. The Labute approximate surface area is 142 Å². The number of hydrogen-bond acceptors (Lipinski definition) is 2. The van der Waals surface area contributed by atoms with E-state index >= 15 is 0 Å². The molecule has 2 rings (SSSR count). The zero-order valence-electron chi connectivity index (χ0n) is 12.8. The smallest absolute Gasteiger partial charge is 0.219 e. The lowest BCUT2D eigenvalue weighted by Crippen LogP contribution is -2.42. The Hall–Kier alpha value is -1.33. The van der Waals surface area contributed by atoms with Crippen LogP contribution < -0.4 is 5.32 Å². The average Bonchev–Trinajstić information content (AvgIpc) is 2.75. The lowest BCUT2D eigenvalue weighted by Gasteiger charge is -2.24. The number of nitrogens with zero attached hydrogens (tertiary/aromatic N) is 2. The van der Waals surface area contributed by atoms with Crippen molar-refractivity contribution in [3.05, 3.63) is 34.9 Å². The topological polar surface area (TPSA) is 35.6 Å². The first kappa shape index (κ1) is 17.0. The van der Waals surface area contributed by atoms with Crippen molar-refractivity contribution in [2.45, 2.75) is 19.8 Å². The van der Waals surface area contributed by atoms with Gasteiger partial charge in [-0.3, -0.25) is 4.79 Å². The van der Waals surface area contributed by atoms with Crippen LogP contribution in [-0.4, -0.2) is 53.5 Å². The van der Waals surface area contributed by atoms with Crippen LogP contribution in [0.5, 0.6) is 0 Å². The second-order valence-electron chi connectivity index (χ2n) is 5.46. The van der Waals surface area contributed by atoms with Crippen LogP contribution in [0.15, 0.2) is 24.3 Å². The summed E-state index contributed by atoms with van der Waals surface area (Å²) in [5, 5.41) is 4.84. The summed E-state index contributed by atoms with van der Waals surface area (Å²) in [5.41, 5.74) is 1.23. The van der Waals surface area contributed by atoms with Crippen molar-refractivity contribution in [1.82, 2.24) is 15.1 Å². The summed E-state index contributed by atoms with van der Waals surface area (Å²) in [4.78, 5) is 15.5. The van der Waals surface area contributed by atoms with E-state index in [2.05, 4.69) is 10.2 Å². The van der Waals surface area contributed by atoms with Gasteiger partial charge in [-0.2, -0.15) is 0 Å². The fourth-order valence-corrected chi connectivity index (χ4v) is 2.92. The first-order valence-corrected chi connectivity index (χ1v) is 8.37. The Kier molecular flexibility index (Phi) is 6.46. The molecule has 22 heavy (non-hydrogen) atoms. The molecular formula is C16H22ClN3OS. The van der Waals surface area contributed by atoms with Gasteiger partial charge >= 0.3 is 0 Å². The summed E-state index contributed by atoms with van der Waals surface area (Å²) in [5.74, 6) is 0.142. The molecule has 1 fully saturated rings. The van der Waals surface area contributed by atoms with E-state index in [9.17, 15) is 4.79 Å². The van der Waals surface area contributed by atoms with Gasteiger partial charge in [0, 0.05) is 44.7 Å². The molecule has 1 aromatic carbocycles. The third kappa shape index (κ3) is 5.14. The van der Waals surface area contributed by atoms with Crippen LogP contribution in [-0.2, 0) is 11.2 Å². The minimum atomic E-state index is 0.142. The van der Waals surface area contributed by atoms with Crippen LogP contribution in [0.1, 0.15) is 18.9 Å². The lowest BCUT2D eigenvalue weighted by molar-refractivity contribution is -0.128. The standard InChI is InChI=1S/C16H22ClN3OS/c1-13(21)19-9-2-10-20(12-11-19)16(22)18-8-7-14-3-5-15(17)6-4-14/h3-6H,2,7-12H2,1H3,(H,18,22). The Bertz CT molecular complexity index is 521. The zero-order chi connectivity index (χ0) is 15.9. The lowest BCUT2D eigenvalue weighted by atomic mass is 10.1. The van der Waals surface area contributed by atoms with Crippen molar-refractivity contribution in [3.8, 4) is 0 Å². The first-order chi connectivity index (χ1) is 10.6. The van der Waals surface area contributed by atoms with E-state index in [-0.39, 0.29) is 5.91 Å². The molecular weight excluding hydrogens is 318 g/mol. The van der Waals surface area contributed by atoms with Gasteiger partial charge in [-0.1, -0.05) is 23.7 Å². The summed E-state index contributed by atoms with van der Waals surface area (Å²) in [6, 6.07) is 7.87. The molecule has 1 saturated heterocycles. The van der Waals surface area contributed by atoms with Gasteiger partial charge in [-0.25, -0.2) is 0 Å². The van der Waals surface area contributed by atoms with Crippen molar-refractivity contribution in [3.63, 3.8) is 0 Å². The third-order valence-corrected chi connectivity index (χ3v) is 4.49.